The maximum absolute atomic E-state index is 13.3. The third kappa shape index (κ3) is 3.47. The summed E-state index contributed by atoms with van der Waals surface area (Å²) in [4.78, 5) is 20.9. The van der Waals surface area contributed by atoms with Crippen molar-refractivity contribution in [3.05, 3.63) is 29.1 Å². The van der Waals surface area contributed by atoms with Crippen LogP contribution in [0.4, 0.5) is 13.2 Å². The molecule has 0 saturated carbocycles. The molecule has 1 aromatic rings. The molecule has 92 valence electrons. The third-order valence-corrected chi connectivity index (χ3v) is 1.84. The number of halogens is 3. The average molecular weight is 248 g/mol. The number of rotatable bonds is 5. The number of alkyl halides is 2. The van der Waals surface area contributed by atoms with E-state index in [1.165, 1.54) is 0 Å². The van der Waals surface area contributed by atoms with E-state index in [1.807, 2.05) is 0 Å². The minimum Gasteiger partial charge on any atom is -0.481 e. The molecule has 0 saturated heterocycles. The summed E-state index contributed by atoms with van der Waals surface area (Å²) >= 11 is 0. The largest absolute Gasteiger partial charge is 0.481 e. The zero-order chi connectivity index (χ0) is 13.0. The Bertz CT molecular complexity index is 445. The third-order valence-electron chi connectivity index (χ3n) is 1.84. The Kier molecular flexibility index (Phi) is 4.08. The maximum atomic E-state index is 13.3. The molecule has 1 aromatic carbocycles. The van der Waals surface area contributed by atoms with E-state index >= 15 is 0 Å². The molecule has 0 aliphatic rings. The lowest BCUT2D eigenvalue weighted by atomic mass is 10.1. The molecule has 7 heteroatoms. The summed E-state index contributed by atoms with van der Waals surface area (Å²) in [5, 5.41) is 8.48. The summed E-state index contributed by atoms with van der Waals surface area (Å²) in [6.45, 7) is -3.23. The van der Waals surface area contributed by atoms with E-state index in [-0.39, 0.29) is 11.8 Å². The first-order valence-corrected chi connectivity index (χ1v) is 4.38. The fraction of sp³-hybridized carbons (Fsp3) is 0.200. The van der Waals surface area contributed by atoms with Crippen LogP contribution in [0.2, 0.25) is 0 Å². The zero-order valence-corrected chi connectivity index (χ0v) is 8.32. The number of benzene rings is 1. The second kappa shape index (κ2) is 5.33. The normalized spacial score (nSPS) is 10.4. The molecule has 0 aliphatic heterocycles. The molecule has 1 N–H and O–H groups in total. The molecule has 0 radical (unpaired) electrons. The molecule has 0 aliphatic carbocycles. The Morgan fingerprint density at radius 2 is 2.12 bits per heavy atom. The Balaban J connectivity index is 3.18. The van der Waals surface area contributed by atoms with Gasteiger partial charge in [-0.15, -0.1) is 0 Å². The topological polar surface area (TPSA) is 63.6 Å². The van der Waals surface area contributed by atoms with Crippen LogP contribution in [0.1, 0.15) is 15.9 Å². The summed E-state index contributed by atoms with van der Waals surface area (Å²) in [6, 6.07) is 1.68. The molecule has 0 heterocycles. The standard InChI is InChI=1S/C10H7F3O4/c11-7-1-5(3-9(15)16)2-8(6(7)4-14)17-10(12)13/h1-2,4,10H,3H2,(H,15,16). The van der Waals surface area contributed by atoms with Gasteiger partial charge in [0.1, 0.15) is 11.6 Å². The number of aliphatic carboxylic acids is 1. The Morgan fingerprint density at radius 3 is 2.59 bits per heavy atom. The van der Waals surface area contributed by atoms with Gasteiger partial charge in [-0.1, -0.05) is 0 Å². The molecule has 0 amide bonds. The molecule has 17 heavy (non-hydrogen) atoms. The highest BCUT2D eigenvalue weighted by Crippen LogP contribution is 2.24. The highest BCUT2D eigenvalue weighted by Gasteiger charge is 2.16. The lowest BCUT2D eigenvalue weighted by molar-refractivity contribution is -0.136. The van der Waals surface area contributed by atoms with Crippen LogP contribution in [0.5, 0.6) is 5.75 Å². The molecule has 0 aromatic heterocycles. The second-order valence-corrected chi connectivity index (χ2v) is 3.06. The number of hydrogen-bond acceptors (Lipinski definition) is 3. The highest BCUT2D eigenvalue weighted by atomic mass is 19.3. The summed E-state index contributed by atoms with van der Waals surface area (Å²) in [6.07, 6.45) is -0.534. The minimum absolute atomic E-state index is 0.0254. The maximum Gasteiger partial charge on any atom is 0.387 e. The average Bonchev–Trinajstić information content (AvgIpc) is 2.14. The number of aldehydes is 1. The number of carboxylic acids is 1. The molecule has 4 nitrogen and oxygen atoms in total. The van der Waals surface area contributed by atoms with Gasteiger partial charge in [-0.25, -0.2) is 4.39 Å². The number of carboxylic acid groups (broad SMARTS) is 1. The van der Waals surface area contributed by atoms with Gasteiger partial charge in [0.25, 0.3) is 0 Å². The lowest BCUT2D eigenvalue weighted by Gasteiger charge is -2.09. The predicted octanol–water partition coefficient (Wildman–Crippen LogP) is 1.87. The van der Waals surface area contributed by atoms with Crippen molar-refractivity contribution in [1.82, 2.24) is 0 Å². The van der Waals surface area contributed by atoms with E-state index in [1.54, 1.807) is 0 Å². The molecular formula is C10H7F3O4. The molecule has 0 atom stereocenters. The molecule has 0 bridgehead atoms. The van der Waals surface area contributed by atoms with Gasteiger partial charge in [0.15, 0.2) is 6.29 Å². The number of ether oxygens (including phenoxy) is 1. The fourth-order valence-electron chi connectivity index (χ4n) is 1.23. The first-order valence-electron chi connectivity index (χ1n) is 4.38. The number of carbonyl (C=O) groups excluding carboxylic acids is 1. The number of hydrogen-bond donors (Lipinski definition) is 1. The summed E-state index contributed by atoms with van der Waals surface area (Å²) in [7, 11) is 0. The van der Waals surface area contributed by atoms with Crippen molar-refractivity contribution < 1.29 is 32.6 Å². The molecule has 0 spiro atoms. The van der Waals surface area contributed by atoms with Gasteiger partial charge < -0.3 is 9.84 Å². The van der Waals surface area contributed by atoms with E-state index < -0.39 is 36.1 Å². The van der Waals surface area contributed by atoms with Gasteiger partial charge >= 0.3 is 12.6 Å². The summed E-state index contributed by atoms with van der Waals surface area (Å²) < 4.78 is 41.2. The van der Waals surface area contributed by atoms with Crippen molar-refractivity contribution >= 4 is 12.3 Å². The minimum atomic E-state index is -3.23. The van der Waals surface area contributed by atoms with Crippen LogP contribution in [0.15, 0.2) is 12.1 Å². The van der Waals surface area contributed by atoms with E-state index in [4.69, 9.17) is 5.11 Å². The van der Waals surface area contributed by atoms with Crippen molar-refractivity contribution in [1.29, 1.82) is 0 Å². The fourth-order valence-corrected chi connectivity index (χ4v) is 1.23. The van der Waals surface area contributed by atoms with Crippen LogP contribution >= 0.6 is 0 Å². The summed E-state index contributed by atoms with van der Waals surface area (Å²) in [5.41, 5.74) is -0.740. The van der Waals surface area contributed by atoms with E-state index in [0.717, 1.165) is 12.1 Å². The second-order valence-electron chi connectivity index (χ2n) is 3.06. The van der Waals surface area contributed by atoms with E-state index in [0.29, 0.717) is 0 Å². The smallest absolute Gasteiger partial charge is 0.387 e. The molecule has 0 fully saturated rings. The van der Waals surface area contributed by atoms with Crippen molar-refractivity contribution in [2.24, 2.45) is 0 Å². The Labute approximate surface area is 93.6 Å². The Hall–Kier alpha value is -2.05. The van der Waals surface area contributed by atoms with Crippen molar-refractivity contribution in [2.45, 2.75) is 13.0 Å². The monoisotopic (exact) mass is 248 g/mol. The number of carbonyl (C=O) groups is 2. The van der Waals surface area contributed by atoms with Gasteiger partial charge in [0.05, 0.1) is 12.0 Å². The van der Waals surface area contributed by atoms with Gasteiger partial charge in [-0.2, -0.15) is 8.78 Å². The first-order chi connectivity index (χ1) is 7.93. The van der Waals surface area contributed by atoms with Crippen molar-refractivity contribution in [3.63, 3.8) is 0 Å². The quantitative estimate of drug-likeness (QED) is 0.808. The lowest BCUT2D eigenvalue weighted by Crippen LogP contribution is -2.08. The molecule has 0 unspecified atom stereocenters. The summed E-state index contributed by atoms with van der Waals surface area (Å²) in [5.74, 6) is -3.04. The van der Waals surface area contributed by atoms with Crippen LogP contribution < -0.4 is 4.74 Å². The molecule has 1 rings (SSSR count). The van der Waals surface area contributed by atoms with Crippen LogP contribution in [-0.4, -0.2) is 24.0 Å². The van der Waals surface area contributed by atoms with Crippen molar-refractivity contribution in [2.75, 3.05) is 0 Å². The van der Waals surface area contributed by atoms with E-state index in [9.17, 15) is 22.8 Å². The van der Waals surface area contributed by atoms with Crippen LogP contribution in [0.3, 0.4) is 0 Å². The van der Waals surface area contributed by atoms with Crippen LogP contribution in [-0.2, 0) is 11.2 Å². The van der Waals surface area contributed by atoms with Gasteiger partial charge in [0, 0.05) is 0 Å². The SMILES string of the molecule is O=Cc1c(F)cc(CC(=O)O)cc1OC(F)F. The van der Waals surface area contributed by atoms with Crippen LogP contribution in [0, 0.1) is 5.82 Å². The first kappa shape index (κ1) is 13.0. The van der Waals surface area contributed by atoms with Gasteiger partial charge in [0.2, 0.25) is 0 Å². The Morgan fingerprint density at radius 1 is 1.47 bits per heavy atom. The van der Waals surface area contributed by atoms with Crippen LogP contribution in [0.25, 0.3) is 0 Å². The highest BCUT2D eigenvalue weighted by molar-refractivity contribution is 5.80. The van der Waals surface area contributed by atoms with Crippen molar-refractivity contribution in [3.8, 4) is 5.75 Å². The zero-order valence-electron chi connectivity index (χ0n) is 8.32. The molecular weight excluding hydrogens is 241 g/mol. The van der Waals surface area contributed by atoms with Gasteiger partial charge in [-0.3, -0.25) is 9.59 Å². The van der Waals surface area contributed by atoms with E-state index in [2.05, 4.69) is 4.74 Å². The predicted molar refractivity (Wildman–Crippen MR) is 49.8 cm³/mol. The van der Waals surface area contributed by atoms with Gasteiger partial charge in [-0.05, 0) is 17.7 Å².